The minimum atomic E-state index is -3.44. The van der Waals surface area contributed by atoms with Crippen molar-refractivity contribution in [2.45, 2.75) is 43.2 Å². The van der Waals surface area contributed by atoms with Crippen molar-refractivity contribution >= 4 is 21.6 Å². The lowest BCUT2D eigenvalue weighted by Gasteiger charge is -2.13. The molecule has 0 atom stereocenters. The standard InChI is InChI=1S/C13H19ClN2O2S/c1-15-9-10-8-12(6-7-13(10)14)19(17,18)16-11-4-2-3-5-11/h6-8,11,15-16H,2-5,9H2,1H3. The van der Waals surface area contributed by atoms with Crippen LogP contribution < -0.4 is 10.0 Å². The zero-order valence-corrected chi connectivity index (χ0v) is 12.5. The van der Waals surface area contributed by atoms with Crippen LogP contribution in [0, 0.1) is 0 Å². The van der Waals surface area contributed by atoms with Gasteiger partial charge in [-0.05, 0) is 43.7 Å². The van der Waals surface area contributed by atoms with Gasteiger partial charge in [0.2, 0.25) is 10.0 Å². The zero-order chi connectivity index (χ0) is 13.9. The van der Waals surface area contributed by atoms with Gasteiger partial charge in [0, 0.05) is 17.6 Å². The third-order valence-electron chi connectivity index (χ3n) is 3.37. The molecule has 2 N–H and O–H groups in total. The minimum Gasteiger partial charge on any atom is -0.316 e. The van der Waals surface area contributed by atoms with Crippen LogP contribution in [-0.2, 0) is 16.6 Å². The molecule has 4 nitrogen and oxygen atoms in total. The largest absolute Gasteiger partial charge is 0.316 e. The van der Waals surface area contributed by atoms with E-state index < -0.39 is 10.0 Å². The monoisotopic (exact) mass is 302 g/mol. The molecule has 0 saturated heterocycles. The summed E-state index contributed by atoms with van der Waals surface area (Å²) >= 11 is 6.04. The molecule has 2 rings (SSSR count). The molecule has 0 aliphatic heterocycles. The predicted molar refractivity (Wildman–Crippen MR) is 76.8 cm³/mol. The molecule has 0 aromatic heterocycles. The summed E-state index contributed by atoms with van der Waals surface area (Å²) < 4.78 is 27.3. The molecule has 1 saturated carbocycles. The molecule has 0 spiro atoms. The summed E-state index contributed by atoms with van der Waals surface area (Å²) in [6.45, 7) is 0.547. The van der Waals surface area contributed by atoms with Crippen LogP contribution in [-0.4, -0.2) is 21.5 Å². The Morgan fingerprint density at radius 1 is 1.32 bits per heavy atom. The maximum atomic E-state index is 12.3. The van der Waals surface area contributed by atoms with E-state index in [0.29, 0.717) is 11.6 Å². The van der Waals surface area contributed by atoms with E-state index in [2.05, 4.69) is 10.0 Å². The highest BCUT2D eigenvalue weighted by Crippen LogP contribution is 2.23. The number of halogens is 1. The highest BCUT2D eigenvalue weighted by molar-refractivity contribution is 7.89. The normalized spacial score (nSPS) is 16.9. The first-order valence-corrected chi connectivity index (χ1v) is 8.34. The lowest BCUT2D eigenvalue weighted by Crippen LogP contribution is -2.32. The summed E-state index contributed by atoms with van der Waals surface area (Å²) in [5, 5.41) is 3.55. The topological polar surface area (TPSA) is 58.2 Å². The molecule has 0 amide bonds. The Hall–Kier alpha value is -0.620. The van der Waals surface area contributed by atoms with Crippen molar-refractivity contribution in [3.8, 4) is 0 Å². The molecular formula is C13H19ClN2O2S. The second kappa shape index (κ2) is 6.22. The van der Waals surface area contributed by atoms with Crippen LogP contribution >= 0.6 is 11.6 Å². The summed E-state index contributed by atoms with van der Waals surface area (Å²) in [6.07, 6.45) is 4.05. The number of sulfonamides is 1. The lowest BCUT2D eigenvalue weighted by atomic mass is 10.2. The number of hydrogen-bond donors (Lipinski definition) is 2. The van der Waals surface area contributed by atoms with Crippen molar-refractivity contribution in [2.24, 2.45) is 0 Å². The molecule has 1 aromatic rings. The van der Waals surface area contributed by atoms with Crippen LogP contribution in [0.15, 0.2) is 23.1 Å². The maximum Gasteiger partial charge on any atom is 0.240 e. The van der Waals surface area contributed by atoms with Gasteiger partial charge < -0.3 is 5.32 Å². The van der Waals surface area contributed by atoms with Crippen LogP contribution in [0.3, 0.4) is 0 Å². The first-order valence-electron chi connectivity index (χ1n) is 6.48. The van der Waals surface area contributed by atoms with Gasteiger partial charge in [-0.2, -0.15) is 0 Å². The van der Waals surface area contributed by atoms with Gasteiger partial charge in [-0.15, -0.1) is 0 Å². The second-order valence-corrected chi connectivity index (χ2v) is 7.01. The molecule has 1 fully saturated rings. The second-order valence-electron chi connectivity index (χ2n) is 4.89. The Morgan fingerprint density at radius 2 is 2.00 bits per heavy atom. The van der Waals surface area contributed by atoms with Crippen molar-refractivity contribution in [1.29, 1.82) is 0 Å². The third-order valence-corrected chi connectivity index (χ3v) is 5.26. The van der Waals surface area contributed by atoms with E-state index in [0.717, 1.165) is 31.2 Å². The van der Waals surface area contributed by atoms with Gasteiger partial charge in [-0.3, -0.25) is 0 Å². The van der Waals surface area contributed by atoms with E-state index in [9.17, 15) is 8.42 Å². The fourth-order valence-corrected chi connectivity index (χ4v) is 3.91. The average Bonchev–Trinajstić information content (AvgIpc) is 2.84. The molecule has 0 unspecified atom stereocenters. The van der Waals surface area contributed by atoms with Crippen molar-refractivity contribution in [1.82, 2.24) is 10.0 Å². The van der Waals surface area contributed by atoms with E-state index in [4.69, 9.17) is 11.6 Å². The smallest absolute Gasteiger partial charge is 0.240 e. The molecule has 1 aliphatic carbocycles. The summed E-state index contributed by atoms with van der Waals surface area (Å²) in [4.78, 5) is 0.286. The van der Waals surface area contributed by atoms with Crippen LogP contribution in [0.2, 0.25) is 5.02 Å². The summed E-state index contributed by atoms with van der Waals surface area (Å²) in [6, 6.07) is 4.90. The Balaban J connectivity index is 2.21. The molecule has 0 heterocycles. The van der Waals surface area contributed by atoms with Gasteiger partial charge in [-0.25, -0.2) is 13.1 Å². The minimum absolute atomic E-state index is 0.0772. The van der Waals surface area contributed by atoms with Gasteiger partial charge in [-0.1, -0.05) is 24.4 Å². The fourth-order valence-electron chi connectivity index (χ4n) is 2.38. The predicted octanol–water partition coefficient (Wildman–Crippen LogP) is 2.28. The fraction of sp³-hybridized carbons (Fsp3) is 0.538. The lowest BCUT2D eigenvalue weighted by molar-refractivity contribution is 0.552. The van der Waals surface area contributed by atoms with E-state index in [1.807, 2.05) is 0 Å². The average molecular weight is 303 g/mol. The Morgan fingerprint density at radius 3 is 2.63 bits per heavy atom. The summed E-state index contributed by atoms with van der Waals surface area (Å²) in [5.41, 5.74) is 0.790. The molecule has 1 aromatic carbocycles. The van der Waals surface area contributed by atoms with Crippen molar-refractivity contribution < 1.29 is 8.42 Å². The molecule has 106 valence electrons. The summed E-state index contributed by atoms with van der Waals surface area (Å²) in [5.74, 6) is 0. The van der Waals surface area contributed by atoms with Crippen LogP contribution in [0.4, 0.5) is 0 Å². The Bertz CT molecular complexity index is 540. The quantitative estimate of drug-likeness (QED) is 0.877. The maximum absolute atomic E-state index is 12.3. The van der Waals surface area contributed by atoms with Crippen LogP contribution in [0.5, 0.6) is 0 Å². The highest BCUT2D eigenvalue weighted by atomic mass is 35.5. The van der Waals surface area contributed by atoms with E-state index in [1.54, 1.807) is 25.2 Å². The van der Waals surface area contributed by atoms with Gasteiger partial charge in [0.15, 0.2) is 0 Å². The van der Waals surface area contributed by atoms with Crippen molar-refractivity contribution in [3.05, 3.63) is 28.8 Å². The Kier molecular flexibility index (Phi) is 4.84. The van der Waals surface area contributed by atoms with Crippen molar-refractivity contribution in [3.63, 3.8) is 0 Å². The van der Waals surface area contributed by atoms with Gasteiger partial charge >= 0.3 is 0 Å². The zero-order valence-electron chi connectivity index (χ0n) is 10.9. The first-order chi connectivity index (χ1) is 9.03. The van der Waals surface area contributed by atoms with Crippen LogP contribution in [0.1, 0.15) is 31.2 Å². The highest BCUT2D eigenvalue weighted by Gasteiger charge is 2.23. The Labute approximate surface area is 119 Å². The number of hydrogen-bond acceptors (Lipinski definition) is 3. The number of rotatable bonds is 5. The van der Waals surface area contributed by atoms with Crippen LogP contribution in [0.25, 0.3) is 0 Å². The van der Waals surface area contributed by atoms with Crippen molar-refractivity contribution in [2.75, 3.05) is 7.05 Å². The number of nitrogens with one attached hydrogen (secondary N) is 2. The summed E-state index contributed by atoms with van der Waals surface area (Å²) in [7, 11) is -1.64. The molecule has 0 bridgehead atoms. The number of benzene rings is 1. The van der Waals surface area contributed by atoms with Gasteiger partial charge in [0.25, 0.3) is 0 Å². The van der Waals surface area contributed by atoms with E-state index in [1.165, 1.54) is 0 Å². The van der Waals surface area contributed by atoms with E-state index >= 15 is 0 Å². The molecule has 0 radical (unpaired) electrons. The third kappa shape index (κ3) is 3.69. The molecule has 19 heavy (non-hydrogen) atoms. The van der Waals surface area contributed by atoms with Gasteiger partial charge in [0.05, 0.1) is 4.90 Å². The van der Waals surface area contributed by atoms with E-state index in [-0.39, 0.29) is 10.9 Å². The SMILES string of the molecule is CNCc1cc(S(=O)(=O)NC2CCCC2)ccc1Cl. The molecular weight excluding hydrogens is 284 g/mol. The molecule has 6 heteroatoms. The molecule has 1 aliphatic rings. The van der Waals surface area contributed by atoms with Gasteiger partial charge in [0.1, 0.15) is 0 Å². The first kappa shape index (κ1) is 14.8.